The second-order valence-electron chi connectivity index (χ2n) is 5.50. The van der Waals surface area contributed by atoms with Gasteiger partial charge in [0.2, 0.25) is 0 Å². The van der Waals surface area contributed by atoms with Gasteiger partial charge in [0.1, 0.15) is 17.3 Å². The number of fused-ring (bicyclic) bond motifs is 1. The summed E-state index contributed by atoms with van der Waals surface area (Å²) in [5.74, 6) is 0.317. The molecule has 3 aromatic rings. The first-order valence-corrected chi connectivity index (χ1v) is 7.88. The van der Waals surface area contributed by atoms with Crippen molar-refractivity contribution in [3.05, 3.63) is 52.8 Å². The third-order valence-electron chi connectivity index (χ3n) is 3.64. The number of hydrogen-bond donors (Lipinski definition) is 4. The summed E-state index contributed by atoms with van der Waals surface area (Å²) in [6.45, 7) is 0. The summed E-state index contributed by atoms with van der Waals surface area (Å²) in [5, 5.41) is 12.4. The average Bonchev–Trinajstić information content (AvgIpc) is 3.11. The molecule has 1 aliphatic rings. The first kappa shape index (κ1) is 15.9. The van der Waals surface area contributed by atoms with Crippen molar-refractivity contribution in [3.8, 4) is 0 Å². The molecule has 130 valence electrons. The Morgan fingerprint density at radius 1 is 1.23 bits per heavy atom. The van der Waals surface area contributed by atoms with Crippen molar-refractivity contribution in [1.29, 1.82) is 0 Å². The summed E-state index contributed by atoms with van der Waals surface area (Å²) in [6, 6.07) is 8.21. The van der Waals surface area contributed by atoms with Gasteiger partial charge in [0.15, 0.2) is 5.65 Å². The standard InChI is InChI=1S/C16H12ClN7O2/c17-9-2-1-3-10(5-9)20-13-6-12(18)24-14(22-13)8(7-19-24)4-11-15(25)23-16(26)21-11/h1-7H,18H2,(H,20,22)(H2,21,23,25,26). The van der Waals surface area contributed by atoms with Gasteiger partial charge in [-0.3, -0.25) is 10.1 Å². The Balaban J connectivity index is 1.75. The maximum Gasteiger partial charge on any atom is 0.326 e. The molecule has 1 fully saturated rings. The number of benzene rings is 1. The lowest BCUT2D eigenvalue weighted by atomic mass is 10.2. The van der Waals surface area contributed by atoms with Gasteiger partial charge in [-0.25, -0.2) is 9.78 Å². The third-order valence-corrected chi connectivity index (χ3v) is 3.88. The maximum absolute atomic E-state index is 11.7. The van der Waals surface area contributed by atoms with Crippen LogP contribution in [0.4, 0.5) is 22.1 Å². The number of rotatable bonds is 3. The topological polar surface area (TPSA) is 126 Å². The fourth-order valence-electron chi connectivity index (χ4n) is 2.52. The summed E-state index contributed by atoms with van der Waals surface area (Å²) >= 11 is 5.99. The molecule has 0 bridgehead atoms. The Labute approximate surface area is 151 Å². The molecule has 0 aliphatic carbocycles. The maximum atomic E-state index is 11.7. The zero-order valence-corrected chi connectivity index (χ0v) is 13.9. The molecule has 0 unspecified atom stereocenters. The number of nitrogen functional groups attached to an aromatic ring is 1. The van der Waals surface area contributed by atoms with Crippen LogP contribution in [0, 0.1) is 0 Å². The first-order chi connectivity index (χ1) is 12.5. The summed E-state index contributed by atoms with van der Waals surface area (Å²) in [4.78, 5) is 27.4. The predicted octanol–water partition coefficient (Wildman–Crippen LogP) is 1.89. The molecule has 9 nitrogen and oxygen atoms in total. The Bertz CT molecular complexity index is 1090. The second-order valence-corrected chi connectivity index (χ2v) is 5.94. The normalized spacial score (nSPS) is 15.3. The number of urea groups is 1. The van der Waals surface area contributed by atoms with Crippen molar-refractivity contribution >= 4 is 52.6 Å². The lowest BCUT2D eigenvalue weighted by molar-refractivity contribution is -0.115. The molecule has 3 heterocycles. The highest BCUT2D eigenvalue weighted by Gasteiger charge is 2.23. The number of nitrogens with zero attached hydrogens (tertiary/aromatic N) is 3. The van der Waals surface area contributed by atoms with E-state index in [9.17, 15) is 9.59 Å². The fourth-order valence-corrected chi connectivity index (χ4v) is 2.71. The van der Waals surface area contributed by atoms with Gasteiger partial charge in [0.25, 0.3) is 5.91 Å². The van der Waals surface area contributed by atoms with E-state index in [2.05, 4.69) is 26.0 Å². The molecule has 1 aliphatic heterocycles. The highest BCUT2D eigenvalue weighted by molar-refractivity contribution is 6.30. The van der Waals surface area contributed by atoms with Crippen molar-refractivity contribution in [2.45, 2.75) is 0 Å². The summed E-state index contributed by atoms with van der Waals surface area (Å²) < 4.78 is 1.43. The monoisotopic (exact) mass is 369 g/mol. The van der Waals surface area contributed by atoms with Crippen molar-refractivity contribution in [2.75, 3.05) is 11.1 Å². The van der Waals surface area contributed by atoms with Gasteiger partial charge in [-0.15, -0.1) is 0 Å². The van der Waals surface area contributed by atoms with Gasteiger partial charge in [-0.05, 0) is 24.3 Å². The Kier molecular flexibility index (Phi) is 3.70. The number of carbonyl (C=O) groups excluding carboxylic acids is 2. The van der Waals surface area contributed by atoms with Crippen LogP contribution in [0.1, 0.15) is 5.56 Å². The Morgan fingerprint density at radius 2 is 2.08 bits per heavy atom. The molecule has 3 amide bonds. The van der Waals surface area contributed by atoms with E-state index in [1.165, 1.54) is 16.8 Å². The van der Waals surface area contributed by atoms with Gasteiger partial charge < -0.3 is 16.4 Å². The van der Waals surface area contributed by atoms with E-state index in [1.807, 2.05) is 12.1 Å². The van der Waals surface area contributed by atoms with E-state index in [4.69, 9.17) is 17.3 Å². The zero-order valence-electron chi connectivity index (χ0n) is 13.2. The van der Waals surface area contributed by atoms with Crippen LogP contribution >= 0.6 is 11.6 Å². The van der Waals surface area contributed by atoms with Crippen LogP contribution in [-0.4, -0.2) is 26.5 Å². The fraction of sp³-hybridized carbons (Fsp3) is 0. The highest BCUT2D eigenvalue weighted by Crippen LogP contribution is 2.23. The van der Waals surface area contributed by atoms with Crippen LogP contribution in [0.5, 0.6) is 0 Å². The number of carbonyl (C=O) groups is 2. The molecule has 4 rings (SSSR count). The number of nitrogens with two attached hydrogens (primary N) is 1. The van der Waals surface area contributed by atoms with E-state index in [-0.39, 0.29) is 5.70 Å². The lowest BCUT2D eigenvalue weighted by Crippen LogP contribution is -2.22. The third kappa shape index (κ3) is 2.91. The molecule has 26 heavy (non-hydrogen) atoms. The Morgan fingerprint density at radius 3 is 2.81 bits per heavy atom. The van der Waals surface area contributed by atoms with Crippen LogP contribution in [0.3, 0.4) is 0 Å². The molecular weight excluding hydrogens is 358 g/mol. The minimum absolute atomic E-state index is 0.110. The van der Waals surface area contributed by atoms with Gasteiger partial charge in [0.05, 0.1) is 6.20 Å². The number of aromatic nitrogens is 3. The highest BCUT2D eigenvalue weighted by atomic mass is 35.5. The van der Waals surface area contributed by atoms with Gasteiger partial charge in [-0.2, -0.15) is 9.61 Å². The molecule has 1 saturated heterocycles. The van der Waals surface area contributed by atoms with Crippen molar-refractivity contribution in [2.24, 2.45) is 0 Å². The van der Waals surface area contributed by atoms with E-state index in [0.29, 0.717) is 27.9 Å². The molecule has 2 aromatic heterocycles. The molecule has 1 aromatic carbocycles. The summed E-state index contributed by atoms with van der Waals surface area (Å²) in [7, 11) is 0. The van der Waals surface area contributed by atoms with E-state index in [1.54, 1.807) is 18.2 Å². The quantitative estimate of drug-likeness (QED) is 0.412. The van der Waals surface area contributed by atoms with Crippen LogP contribution in [0.15, 0.2) is 42.2 Å². The smallest absolute Gasteiger partial charge is 0.326 e. The van der Waals surface area contributed by atoms with E-state index >= 15 is 0 Å². The number of nitrogens with one attached hydrogen (secondary N) is 3. The van der Waals surface area contributed by atoms with Crippen molar-refractivity contribution in [1.82, 2.24) is 25.2 Å². The van der Waals surface area contributed by atoms with E-state index < -0.39 is 11.9 Å². The molecular formula is C16H12ClN7O2. The molecule has 10 heteroatoms. The summed E-state index contributed by atoms with van der Waals surface area (Å²) in [6.07, 6.45) is 2.99. The number of halogens is 1. The van der Waals surface area contributed by atoms with Gasteiger partial charge in [0, 0.05) is 22.3 Å². The molecule has 0 spiro atoms. The number of anilines is 3. The first-order valence-electron chi connectivity index (χ1n) is 7.50. The summed E-state index contributed by atoms with van der Waals surface area (Å²) in [5.41, 5.74) is 7.85. The minimum Gasteiger partial charge on any atom is -0.383 e. The number of hydrogen-bond acceptors (Lipinski definition) is 6. The van der Waals surface area contributed by atoms with E-state index in [0.717, 1.165) is 5.69 Å². The van der Waals surface area contributed by atoms with Gasteiger partial charge in [-0.1, -0.05) is 17.7 Å². The molecule has 0 saturated carbocycles. The average molecular weight is 370 g/mol. The van der Waals surface area contributed by atoms with Crippen LogP contribution < -0.4 is 21.7 Å². The Hall–Kier alpha value is -3.59. The lowest BCUT2D eigenvalue weighted by Gasteiger charge is -2.08. The van der Waals surface area contributed by atoms with Crippen molar-refractivity contribution < 1.29 is 9.59 Å². The minimum atomic E-state index is -0.575. The van der Waals surface area contributed by atoms with Crippen LogP contribution in [0.2, 0.25) is 5.02 Å². The van der Waals surface area contributed by atoms with Gasteiger partial charge >= 0.3 is 6.03 Å². The molecule has 0 atom stereocenters. The zero-order chi connectivity index (χ0) is 18.3. The number of amides is 3. The number of imide groups is 1. The molecule has 5 N–H and O–H groups in total. The molecule has 0 radical (unpaired) electrons. The second kappa shape index (κ2) is 6.05. The predicted molar refractivity (Wildman–Crippen MR) is 96.8 cm³/mol. The van der Waals surface area contributed by atoms with Crippen molar-refractivity contribution in [3.63, 3.8) is 0 Å². The van der Waals surface area contributed by atoms with Crippen LogP contribution in [0.25, 0.3) is 11.7 Å². The van der Waals surface area contributed by atoms with Crippen LogP contribution in [-0.2, 0) is 4.79 Å². The largest absolute Gasteiger partial charge is 0.383 e. The SMILES string of the molecule is Nc1cc(Nc2cccc(Cl)c2)nc2c(C=C3NC(=O)NC3=O)cnn12.